The van der Waals surface area contributed by atoms with Gasteiger partial charge >= 0.3 is 0 Å². The van der Waals surface area contributed by atoms with Crippen molar-refractivity contribution in [2.75, 3.05) is 26.2 Å². The normalized spacial score (nSPS) is 18.4. The summed E-state index contributed by atoms with van der Waals surface area (Å²) in [5, 5.41) is 0.944. The number of quaternary nitrogens is 1. The maximum absolute atomic E-state index is 13.7. The summed E-state index contributed by atoms with van der Waals surface area (Å²) in [5.74, 6) is 0.130. The van der Waals surface area contributed by atoms with Gasteiger partial charge in [-0.1, -0.05) is 18.1 Å². The van der Waals surface area contributed by atoms with Gasteiger partial charge in [0.25, 0.3) is 5.91 Å². The summed E-state index contributed by atoms with van der Waals surface area (Å²) < 4.78 is 0. The van der Waals surface area contributed by atoms with Gasteiger partial charge in [-0.15, -0.1) is 0 Å². The van der Waals surface area contributed by atoms with Gasteiger partial charge < -0.3 is 9.80 Å². The number of hydrogen-bond donors (Lipinski definition) is 1. The Balaban J connectivity index is 1.43. The number of nitrogens with zero attached hydrogens (tertiary/aromatic N) is 3. The van der Waals surface area contributed by atoms with E-state index in [0.717, 1.165) is 65.5 Å². The average molecular weight is 416 g/mol. The summed E-state index contributed by atoms with van der Waals surface area (Å²) >= 11 is 0. The summed E-state index contributed by atoms with van der Waals surface area (Å²) in [5.41, 5.74) is 4.50. The van der Waals surface area contributed by atoms with Crippen LogP contribution in [0.2, 0.25) is 0 Å². The third-order valence-electron chi connectivity index (χ3n) is 7.03. The van der Waals surface area contributed by atoms with Crippen LogP contribution in [0.25, 0.3) is 22.2 Å². The minimum atomic E-state index is 0.130. The zero-order valence-corrected chi connectivity index (χ0v) is 18.3. The van der Waals surface area contributed by atoms with E-state index in [4.69, 9.17) is 4.98 Å². The van der Waals surface area contributed by atoms with Gasteiger partial charge in [-0.25, -0.2) is 4.98 Å². The number of fused-ring (bicyclic) bond motifs is 1. The molecule has 0 radical (unpaired) electrons. The van der Waals surface area contributed by atoms with Crippen LogP contribution in [0.3, 0.4) is 0 Å². The summed E-state index contributed by atoms with van der Waals surface area (Å²) in [6, 6.07) is 12.8. The molecule has 1 saturated carbocycles. The van der Waals surface area contributed by atoms with E-state index in [9.17, 15) is 4.79 Å². The molecule has 1 aromatic carbocycles. The van der Waals surface area contributed by atoms with Crippen LogP contribution in [0, 0.1) is 6.92 Å². The Morgan fingerprint density at radius 1 is 1.06 bits per heavy atom. The molecule has 160 valence electrons. The first-order chi connectivity index (χ1) is 15.2. The molecule has 3 heterocycles. The Labute approximate surface area is 184 Å². The molecule has 1 aliphatic carbocycles. The number of nitrogens with one attached hydrogen (secondary N) is 1. The third kappa shape index (κ3) is 4.19. The van der Waals surface area contributed by atoms with Crippen molar-refractivity contribution < 1.29 is 9.69 Å². The molecule has 5 heteroatoms. The quantitative estimate of drug-likeness (QED) is 0.714. The molecule has 5 nitrogen and oxygen atoms in total. The minimum absolute atomic E-state index is 0.130. The number of carbonyl (C=O) groups excluding carboxylic acids is 1. The molecule has 5 rings (SSSR count). The topological polar surface area (TPSA) is 50.5 Å². The van der Waals surface area contributed by atoms with Crippen molar-refractivity contribution >= 4 is 16.8 Å². The van der Waals surface area contributed by atoms with Crippen molar-refractivity contribution in [3.05, 3.63) is 59.9 Å². The number of pyridine rings is 2. The van der Waals surface area contributed by atoms with Crippen molar-refractivity contribution in [3.8, 4) is 11.3 Å². The van der Waals surface area contributed by atoms with Gasteiger partial charge in [0.15, 0.2) is 0 Å². The molecule has 0 bridgehead atoms. The molecule has 3 aromatic rings. The van der Waals surface area contributed by atoms with Crippen LogP contribution < -0.4 is 4.90 Å². The maximum Gasteiger partial charge on any atom is 0.255 e. The molecule has 2 aromatic heterocycles. The van der Waals surface area contributed by atoms with E-state index < -0.39 is 0 Å². The highest BCUT2D eigenvalue weighted by atomic mass is 16.2. The summed E-state index contributed by atoms with van der Waals surface area (Å²) in [4.78, 5) is 26.5. The van der Waals surface area contributed by atoms with Crippen LogP contribution in [0.1, 0.15) is 48.0 Å². The van der Waals surface area contributed by atoms with E-state index in [-0.39, 0.29) is 5.91 Å². The Morgan fingerprint density at radius 3 is 2.61 bits per heavy atom. The van der Waals surface area contributed by atoms with Crippen molar-refractivity contribution in [1.29, 1.82) is 0 Å². The Bertz CT molecular complexity index is 1070. The molecular formula is C26H31N4O+. The molecule has 1 aliphatic heterocycles. The Hall–Kier alpha value is -2.79. The first-order valence-electron chi connectivity index (χ1n) is 11.6. The molecule has 2 aliphatic rings. The number of rotatable bonds is 3. The molecule has 31 heavy (non-hydrogen) atoms. The predicted molar refractivity (Wildman–Crippen MR) is 123 cm³/mol. The van der Waals surface area contributed by atoms with Gasteiger partial charge in [0, 0.05) is 23.3 Å². The lowest BCUT2D eigenvalue weighted by molar-refractivity contribution is -0.930. The molecule has 1 amide bonds. The number of aryl methyl sites for hydroxylation is 1. The SMILES string of the molecule is Cc1ccc2nc(-c3cccnc3)cc(C(=O)N3CC[NH+](C4CCCCC4)CC3)c2c1. The smallest absolute Gasteiger partial charge is 0.255 e. The number of hydrogen-bond acceptors (Lipinski definition) is 3. The van der Waals surface area contributed by atoms with Gasteiger partial charge in [0.1, 0.15) is 0 Å². The fourth-order valence-electron chi connectivity index (χ4n) is 5.27. The van der Waals surface area contributed by atoms with Gasteiger partial charge in [-0.3, -0.25) is 9.78 Å². The highest BCUT2D eigenvalue weighted by molar-refractivity contribution is 6.07. The Kier molecular flexibility index (Phi) is 5.68. The predicted octanol–water partition coefficient (Wildman–Crippen LogP) is 3.28. The van der Waals surface area contributed by atoms with E-state index >= 15 is 0 Å². The molecular weight excluding hydrogens is 384 g/mol. The number of amides is 1. The Morgan fingerprint density at radius 2 is 1.87 bits per heavy atom. The zero-order chi connectivity index (χ0) is 21.2. The molecule has 1 N–H and O–H groups in total. The van der Waals surface area contributed by atoms with Crippen LogP contribution in [0.5, 0.6) is 0 Å². The lowest BCUT2D eigenvalue weighted by atomic mass is 9.93. The van der Waals surface area contributed by atoms with Crippen molar-refractivity contribution in [2.45, 2.75) is 45.1 Å². The largest absolute Gasteiger partial charge is 0.330 e. The summed E-state index contributed by atoms with van der Waals surface area (Å²) in [6.45, 7) is 5.86. The fourth-order valence-corrected chi connectivity index (χ4v) is 5.27. The van der Waals surface area contributed by atoms with Crippen LogP contribution in [-0.2, 0) is 0 Å². The summed E-state index contributed by atoms with van der Waals surface area (Å²) in [7, 11) is 0. The molecule has 0 atom stereocenters. The number of aromatic nitrogens is 2. The highest BCUT2D eigenvalue weighted by Crippen LogP contribution is 2.26. The second-order valence-corrected chi connectivity index (χ2v) is 9.10. The molecule has 1 saturated heterocycles. The van der Waals surface area contributed by atoms with Crippen LogP contribution in [-0.4, -0.2) is 53.0 Å². The standard InChI is InChI=1S/C26H30N4O/c1-19-9-10-24-22(16-19)23(17-25(28-24)20-6-5-11-27-18-20)26(31)30-14-12-29(13-15-30)21-7-3-2-4-8-21/h5-6,9-11,16-18,21H,2-4,7-8,12-15H2,1H3/p+1. The lowest BCUT2D eigenvalue weighted by Crippen LogP contribution is -3.18. The second kappa shape index (κ2) is 8.75. The van der Waals surface area contributed by atoms with E-state index in [1.807, 2.05) is 30.5 Å². The second-order valence-electron chi connectivity index (χ2n) is 9.10. The fraction of sp³-hybridized carbons (Fsp3) is 0.423. The van der Waals surface area contributed by atoms with E-state index in [2.05, 4.69) is 28.9 Å². The van der Waals surface area contributed by atoms with Crippen molar-refractivity contribution in [2.24, 2.45) is 0 Å². The average Bonchev–Trinajstić information content (AvgIpc) is 2.84. The third-order valence-corrected chi connectivity index (χ3v) is 7.03. The monoisotopic (exact) mass is 415 g/mol. The van der Waals surface area contributed by atoms with Gasteiger partial charge in [0.2, 0.25) is 0 Å². The van der Waals surface area contributed by atoms with Gasteiger partial charge in [-0.05, 0) is 62.9 Å². The molecule has 0 unspecified atom stereocenters. The van der Waals surface area contributed by atoms with E-state index in [1.165, 1.54) is 32.1 Å². The molecule has 2 fully saturated rings. The van der Waals surface area contributed by atoms with Crippen molar-refractivity contribution in [1.82, 2.24) is 14.9 Å². The zero-order valence-electron chi connectivity index (χ0n) is 18.3. The lowest BCUT2D eigenvalue weighted by Gasteiger charge is -2.38. The van der Waals surface area contributed by atoms with Crippen LogP contribution in [0.4, 0.5) is 0 Å². The first kappa shape index (κ1) is 20.1. The number of piperazine rings is 1. The first-order valence-corrected chi connectivity index (χ1v) is 11.6. The van der Waals surface area contributed by atoms with Gasteiger partial charge in [0.05, 0.1) is 49.0 Å². The maximum atomic E-state index is 13.7. The van der Waals surface area contributed by atoms with Gasteiger partial charge in [-0.2, -0.15) is 0 Å². The summed E-state index contributed by atoms with van der Waals surface area (Å²) in [6.07, 6.45) is 10.4. The number of benzene rings is 1. The molecule has 0 spiro atoms. The van der Waals surface area contributed by atoms with E-state index in [0.29, 0.717) is 0 Å². The number of carbonyl (C=O) groups is 1. The van der Waals surface area contributed by atoms with Crippen LogP contribution in [0.15, 0.2) is 48.8 Å². The van der Waals surface area contributed by atoms with Crippen LogP contribution >= 0.6 is 0 Å². The highest BCUT2D eigenvalue weighted by Gasteiger charge is 2.31. The van der Waals surface area contributed by atoms with E-state index in [1.54, 1.807) is 11.1 Å². The van der Waals surface area contributed by atoms with Crippen molar-refractivity contribution in [3.63, 3.8) is 0 Å². The minimum Gasteiger partial charge on any atom is -0.330 e.